The summed E-state index contributed by atoms with van der Waals surface area (Å²) < 4.78 is 9.44. The summed E-state index contributed by atoms with van der Waals surface area (Å²) in [4.78, 5) is 38.9. The number of carbonyl (C=O) groups is 3. The summed E-state index contributed by atoms with van der Waals surface area (Å²) in [5.74, 6) is -1.27. The minimum atomic E-state index is -0.739. The Hall–Kier alpha value is -2.31. The molecular weight excluding hydrogens is 300 g/mol. The fourth-order valence-corrected chi connectivity index (χ4v) is 2.44. The molecule has 0 saturated heterocycles. The van der Waals surface area contributed by atoms with Gasteiger partial charge < -0.3 is 19.8 Å². The average Bonchev–Trinajstić information content (AvgIpc) is 2.79. The molecule has 0 aliphatic carbocycles. The van der Waals surface area contributed by atoms with Crippen molar-refractivity contribution in [1.82, 2.24) is 10.3 Å². The molecule has 0 aromatic carbocycles. The van der Waals surface area contributed by atoms with Gasteiger partial charge in [0.15, 0.2) is 0 Å². The Morgan fingerprint density at radius 2 is 1.74 bits per heavy atom. The van der Waals surface area contributed by atoms with E-state index in [4.69, 9.17) is 9.47 Å². The van der Waals surface area contributed by atoms with Gasteiger partial charge in [0.1, 0.15) is 11.7 Å². The van der Waals surface area contributed by atoms with Crippen molar-refractivity contribution in [1.29, 1.82) is 0 Å². The van der Waals surface area contributed by atoms with E-state index in [1.54, 1.807) is 13.8 Å². The van der Waals surface area contributed by atoms with Crippen molar-refractivity contribution in [2.75, 3.05) is 14.2 Å². The Bertz CT molecular complexity index is 604. The first-order valence-electron chi connectivity index (χ1n) is 7.39. The molecule has 2 N–H and O–H groups in total. The number of methoxy groups -OCH3 is 2. The van der Waals surface area contributed by atoms with E-state index in [1.165, 1.54) is 14.2 Å². The molecule has 128 valence electrons. The number of nitrogens with one attached hydrogen (secondary N) is 2. The molecule has 0 bridgehead atoms. The first-order chi connectivity index (χ1) is 10.7. The molecule has 1 aromatic heterocycles. The third kappa shape index (κ3) is 4.34. The van der Waals surface area contributed by atoms with Crippen LogP contribution in [0.5, 0.6) is 0 Å². The van der Waals surface area contributed by atoms with Crippen molar-refractivity contribution < 1.29 is 23.9 Å². The highest BCUT2D eigenvalue weighted by Crippen LogP contribution is 2.19. The predicted octanol–water partition coefficient (Wildman–Crippen LogP) is 1.74. The second kappa shape index (κ2) is 7.80. The number of rotatable bonds is 6. The lowest BCUT2D eigenvalue weighted by Crippen LogP contribution is -2.42. The molecule has 7 heteroatoms. The monoisotopic (exact) mass is 324 g/mol. The normalized spacial score (nSPS) is 12.0. The molecule has 23 heavy (non-hydrogen) atoms. The zero-order chi connectivity index (χ0) is 17.7. The van der Waals surface area contributed by atoms with Crippen LogP contribution in [0.25, 0.3) is 0 Å². The number of aromatic nitrogens is 1. The molecule has 7 nitrogen and oxygen atoms in total. The van der Waals surface area contributed by atoms with Crippen molar-refractivity contribution >= 4 is 17.8 Å². The van der Waals surface area contributed by atoms with Crippen LogP contribution in [0.1, 0.15) is 52.4 Å². The second-order valence-corrected chi connectivity index (χ2v) is 5.80. The molecule has 0 spiro atoms. The molecule has 0 fully saturated rings. The zero-order valence-electron chi connectivity index (χ0n) is 14.4. The van der Waals surface area contributed by atoms with Crippen molar-refractivity contribution in [3.8, 4) is 0 Å². The lowest BCUT2D eigenvalue weighted by Gasteiger charge is -2.18. The lowest BCUT2D eigenvalue weighted by molar-refractivity contribution is -0.143. The fourth-order valence-electron chi connectivity index (χ4n) is 2.44. The highest BCUT2D eigenvalue weighted by Gasteiger charge is 2.27. The van der Waals surface area contributed by atoms with Gasteiger partial charge in [0.2, 0.25) is 0 Å². The van der Waals surface area contributed by atoms with Crippen LogP contribution in [0.4, 0.5) is 0 Å². The number of aromatic amines is 1. The molecule has 0 radical (unpaired) electrons. The number of amides is 1. The Morgan fingerprint density at radius 3 is 2.22 bits per heavy atom. The van der Waals surface area contributed by atoms with Crippen LogP contribution >= 0.6 is 0 Å². The first-order valence-corrected chi connectivity index (χ1v) is 7.39. The van der Waals surface area contributed by atoms with Crippen LogP contribution in [0.3, 0.4) is 0 Å². The summed E-state index contributed by atoms with van der Waals surface area (Å²) >= 11 is 0. The zero-order valence-corrected chi connectivity index (χ0v) is 14.4. The van der Waals surface area contributed by atoms with Crippen LogP contribution in [0.15, 0.2) is 0 Å². The van der Waals surface area contributed by atoms with Gasteiger partial charge in [-0.3, -0.25) is 4.79 Å². The van der Waals surface area contributed by atoms with E-state index in [-0.39, 0.29) is 11.6 Å². The number of esters is 2. The van der Waals surface area contributed by atoms with E-state index in [9.17, 15) is 14.4 Å². The third-order valence-corrected chi connectivity index (χ3v) is 3.55. The molecule has 0 aliphatic rings. The second-order valence-electron chi connectivity index (χ2n) is 5.80. The molecule has 0 saturated carbocycles. The van der Waals surface area contributed by atoms with E-state index >= 15 is 0 Å². The van der Waals surface area contributed by atoms with Gasteiger partial charge in [-0.15, -0.1) is 0 Å². The van der Waals surface area contributed by atoms with E-state index in [0.29, 0.717) is 23.2 Å². The maximum Gasteiger partial charge on any atom is 0.339 e. The molecule has 1 rings (SSSR count). The minimum Gasteiger partial charge on any atom is -0.467 e. The van der Waals surface area contributed by atoms with E-state index in [0.717, 1.165) is 0 Å². The quantitative estimate of drug-likeness (QED) is 0.777. The standard InChI is InChI=1S/C16H24N2O5/c1-8(2)7-11(15(20)22-5)18-14(19)13-9(3)12(10(4)17-13)16(21)23-6/h8,11,17H,7H2,1-6H3,(H,18,19). The highest BCUT2D eigenvalue weighted by atomic mass is 16.5. The summed E-state index contributed by atoms with van der Waals surface area (Å²) in [7, 11) is 2.56. The van der Waals surface area contributed by atoms with Gasteiger partial charge in [-0.2, -0.15) is 0 Å². The number of H-pyrrole nitrogens is 1. The van der Waals surface area contributed by atoms with Gasteiger partial charge in [-0.05, 0) is 31.7 Å². The first kappa shape index (κ1) is 18.7. The Labute approximate surface area is 135 Å². The highest BCUT2D eigenvalue weighted by molar-refractivity contribution is 6.01. The van der Waals surface area contributed by atoms with Gasteiger partial charge >= 0.3 is 11.9 Å². The van der Waals surface area contributed by atoms with Crippen molar-refractivity contribution in [3.63, 3.8) is 0 Å². The Kier molecular flexibility index (Phi) is 6.36. The maximum absolute atomic E-state index is 12.5. The van der Waals surface area contributed by atoms with E-state index in [1.807, 2.05) is 13.8 Å². The Morgan fingerprint density at radius 1 is 1.13 bits per heavy atom. The fraction of sp³-hybridized carbons (Fsp3) is 0.562. The van der Waals surface area contributed by atoms with Gasteiger partial charge in [-0.1, -0.05) is 13.8 Å². The minimum absolute atomic E-state index is 0.205. The van der Waals surface area contributed by atoms with Gasteiger partial charge in [0, 0.05) is 5.69 Å². The summed E-state index contributed by atoms with van der Waals surface area (Å²) in [6, 6.07) is -0.739. The van der Waals surface area contributed by atoms with Crippen LogP contribution in [0, 0.1) is 19.8 Å². The number of hydrogen-bond acceptors (Lipinski definition) is 5. The summed E-state index contributed by atoms with van der Waals surface area (Å²) in [6.45, 7) is 7.23. The third-order valence-electron chi connectivity index (χ3n) is 3.55. The average molecular weight is 324 g/mol. The van der Waals surface area contributed by atoms with Crippen LogP contribution in [0.2, 0.25) is 0 Å². The molecule has 1 atom stereocenters. The van der Waals surface area contributed by atoms with Crippen molar-refractivity contribution in [2.45, 2.75) is 40.2 Å². The number of hydrogen-bond donors (Lipinski definition) is 2. The Balaban J connectivity index is 3.05. The summed E-state index contributed by atoms with van der Waals surface area (Å²) in [5, 5.41) is 2.66. The molecule has 1 amide bonds. The lowest BCUT2D eigenvalue weighted by atomic mass is 10.0. The van der Waals surface area contributed by atoms with Crippen LogP contribution in [-0.4, -0.2) is 43.1 Å². The smallest absolute Gasteiger partial charge is 0.339 e. The van der Waals surface area contributed by atoms with Gasteiger partial charge in [0.25, 0.3) is 5.91 Å². The number of carbonyl (C=O) groups excluding carboxylic acids is 3. The molecule has 1 unspecified atom stereocenters. The van der Waals surface area contributed by atoms with Gasteiger partial charge in [0.05, 0.1) is 19.8 Å². The van der Waals surface area contributed by atoms with Gasteiger partial charge in [-0.25, -0.2) is 9.59 Å². The number of aryl methyl sites for hydroxylation is 1. The molecule has 1 heterocycles. The summed E-state index contributed by atoms with van der Waals surface area (Å²) in [6.07, 6.45) is 0.459. The summed E-state index contributed by atoms with van der Waals surface area (Å²) in [5.41, 5.74) is 1.59. The topological polar surface area (TPSA) is 97.5 Å². The van der Waals surface area contributed by atoms with Crippen LogP contribution in [-0.2, 0) is 14.3 Å². The van der Waals surface area contributed by atoms with Crippen molar-refractivity contribution in [2.24, 2.45) is 5.92 Å². The number of ether oxygens (including phenoxy) is 2. The van der Waals surface area contributed by atoms with E-state index < -0.39 is 23.9 Å². The van der Waals surface area contributed by atoms with E-state index in [2.05, 4.69) is 10.3 Å². The van der Waals surface area contributed by atoms with Crippen LogP contribution < -0.4 is 5.32 Å². The van der Waals surface area contributed by atoms with Crippen molar-refractivity contribution in [3.05, 3.63) is 22.5 Å². The SMILES string of the molecule is COC(=O)c1c(C)[nH]c(C(=O)NC(CC(C)C)C(=O)OC)c1C. The molecule has 0 aliphatic heterocycles. The maximum atomic E-state index is 12.5. The predicted molar refractivity (Wildman–Crippen MR) is 84.3 cm³/mol. The molecule has 1 aromatic rings. The molecular formula is C16H24N2O5. The largest absolute Gasteiger partial charge is 0.467 e.